The number of non-ortho nitro benzene ring substituents is 1. The molecule has 0 aliphatic rings. The monoisotopic (exact) mass is 370 g/mol. The zero-order valence-corrected chi connectivity index (χ0v) is 13.0. The number of esters is 1. The number of benzene rings is 2. The van der Waals surface area contributed by atoms with Crippen LogP contribution in [-0.2, 0) is 9.53 Å². The summed E-state index contributed by atoms with van der Waals surface area (Å²) in [5.41, 5.74) is -1.14. The molecule has 2 rings (SSSR count). The Hall–Kier alpha value is -3.07. The Kier molecular flexibility index (Phi) is 5.60. The minimum Gasteiger partial charge on any atom is -0.452 e. The number of hydrogen-bond donors (Lipinski definition) is 1. The molecule has 130 valence electrons. The number of hydrogen-bond acceptors (Lipinski definition) is 5. The molecule has 7 nitrogen and oxygen atoms in total. The lowest BCUT2D eigenvalue weighted by Gasteiger charge is -2.08. The fourth-order valence-electron chi connectivity index (χ4n) is 1.80. The third kappa shape index (κ3) is 4.48. The molecule has 0 bridgehead atoms. The van der Waals surface area contributed by atoms with Gasteiger partial charge in [-0.1, -0.05) is 17.7 Å². The number of ether oxygens (including phenoxy) is 1. The highest BCUT2D eigenvalue weighted by Crippen LogP contribution is 2.26. The fourth-order valence-corrected chi connectivity index (χ4v) is 2.02. The minimum absolute atomic E-state index is 0.0467. The zero-order chi connectivity index (χ0) is 18.6. The topological polar surface area (TPSA) is 98.5 Å². The second-order valence-corrected chi connectivity index (χ2v) is 5.05. The van der Waals surface area contributed by atoms with Crippen molar-refractivity contribution in [3.8, 4) is 0 Å². The van der Waals surface area contributed by atoms with E-state index in [-0.39, 0.29) is 16.4 Å². The summed E-state index contributed by atoms with van der Waals surface area (Å²) in [6.07, 6.45) is 0. The van der Waals surface area contributed by atoms with E-state index in [2.05, 4.69) is 10.1 Å². The van der Waals surface area contributed by atoms with Crippen LogP contribution in [0.1, 0.15) is 10.4 Å². The van der Waals surface area contributed by atoms with Gasteiger partial charge < -0.3 is 10.1 Å². The van der Waals surface area contributed by atoms with Crippen molar-refractivity contribution >= 4 is 34.9 Å². The van der Waals surface area contributed by atoms with Crippen LogP contribution >= 0.6 is 11.6 Å². The number of carbonyl (C=O) groups is 2. The summed E-state index contributed by atoms with van der Waals surface area (Å²) in [6.45, 7) is -0.833. The highest BCUT2D eigenvalue weighted by molar-refractivity contribution is 6.34. The summed E-state index contributed by atoms with van der Waals surface area (Å²) in [6, 6.07) is 6.15. The van der Waals surface area contributed by atoms with E-state index in [9.17, 15) is 28.5 Å². The van der Waals surface area contributed by atoms with Gasteiger partial charge in [0.2, 0.25) is 0 Å². The van der Waals surface area contributed by atoms with Crippen LogP contribution in [-0.4, -0.2) is 23.4 Å². The number of nitrogens with one attached hydrogen (secondary N) is 1. The quantitative estimate of drug-likeness (QED) is 0.494. The second kappa shape index (κ2) is 7.67. The van der Waals surface area contributed by atoms with Crippen LogP contribution in [0.4, 0.5) is 20.2 Å². The van der Waals surface area contributed by atoms with Crippen LogP contribution in [0.5, 0.6) is 0 Å². The van der Waals surface area contributed by atoms with E-state index in [1.807, 2.05) is 0 Å². The molecule has 25 heavy (non-hydrogen) atoms. The minimum atomic E-state index is -1.35. The van der Waals surface area contributed by atoms with E-state index in [0.717, 1.165) is 30.3 Å². The predicted octanol–water partition coefficient (Wildman–Crippen LogP) is 3.32. The van der Waals surface area contributed by atoms with E-state index in [4.69, 9.17) is 11.6 Å². The van der Waals surface area contributed by atoms with Crippen molar-refractivity contribution in [1.29, 1.82) is 0 Å². The summed E-state index contributed by atoms with van der Waals surface area (Å²) >= 11 is 5.79. The molecule has 10 heteroatoms. The third-order valence-electron chi connectivity index (χ3n) is 2.94. The van der Waals surface area contributed by atoms with Gasteiger partial charge in [0.05, 0.1) is 15.6 Å². The molecule has 1 N–H and O–H groups in total. The first-order chi connectivity index (χ1) is 11.8. The van der Waals surface area contributed by atoms with Gasteiger partial charge in [0, 0.05) is 12.1 Å². The first kappa shape index (κ1) is 18.3. The van der Waals surface area contributed by atoms with Crippen LogP contribution < -0.4 is 5.32 Å². The number of anilines is 1. The lowest BCUT2D eigenvalue weighted by atomic mass is 10.2. The molecule has 0 aliphatic heterocycles. The van der Waals surface area contributed by atoms with Gasteiger partial charge in [-0.05, 0) is 18.2 Å². The molecule has 0 saturated heterocycles. The van der Waals surface area contributed by atoms with Crippen molar-refractivity contribution in [2.45, 2.75) is 0 Å². The third-order valence-corrected chi connectivity index (χ3v) is 3.25. The summed E-state index contributed by atoms with van der Waals surface area (Å²) < 4.78 is 31.4. The van der Waals surface area contributed by atoms with Crippen LogP contribution in [0.15, 0.2) is 36.4 Å². The Morgan fingerprint density at radius 3 is 2.40 bits per heavy atom. The first-order valence-electron chi connectivity index (χ1n) is 6.64. The van der Waals surface area contributed by atoms with E-state index in [0.29, 0.717) is 0 Å². The van der Waals surface area contributed by atoms with Gasteiger partial charge >= 0.3 is 5.97 Å². The number of nitro benzene ring substituents is 1. The number of amides is 1. The van der Waals surface area contributed by atoms with Gasteiger partial charge in [0.1, 0.15) is 17.2 Å². The molecular formula is C15H9ClF2N2O5. The number of nitrogens with zero attached hydrogens (tertiary/aromatic N) is 1. The van der Waals surface area contributed by atoms with Crippen molar-refractivity contribution < 1.29 is 28.0 Å². The summed E-state index contributed by atoms with van der Waals surface area (Å²) in [7, 11) is 0. The van der Waals surface area contributed by atoms with Crippen LogP contribution in [0, 0.1) is 21.7 Å². The lowest BCUT2D eigenvalue weighted by molar-refractivity contribution is -0.384. The zero-order valence-electron chi connectivity index (χ0n) is 12.3. The van der Waals surface area contributed by atoms with E-state index in [1.54, 1.807) is 0 Å². The Balaban J connectivity index is 1.99. The molecule has 1 amide bonds. The average Bonchev–Trinajstić information content (AvgIpc) is 2.54. The van der Waals surface area contributed by atoms with E-state index in [1.165, 1.54) is 6.07 Å². The van der Waals surface area contributed by atoms with Gasteiger partial charge in [0.15, 0.2) is 6.61 Å². The highest BCUT2D eigenvalue weighted by Gasteiger charge is 2.20. The summed E-state index contributed by atoms with van der Waals surface area (Å²) in [4.78, 5) is 33.3. The van der Waals surface area contributed by atoms with Crippen molar-refractivity contribution in [3.63, 3.8) is 0 Å². The molecule has 2 aromatic carbocycles. The molecule has 0 aliphatic carbocycles. The number of carbonyl (C=O) groups excluding carboxylic acids is 2. The SMILES string of the molecule is O=C(COC(=O)c1c(F)cccc1F)Nc1ccc([N+](=O)[O-])cc1Cl. The number of nitro groups is 1. The normalized spacial score (nSPS) is 10.2. The smallest absolute Gasteiger partial charge is 0.344 e. The van der Waals surface area contributed by atoms with Gasteiger partial charge in [-0.2, -0.15) is 0 Å². The molecule has 0 atom stereocenters. The van der Waals surface area contributed by atoms with Crippen LogP contribution in [0.25, 0.3) is 0 Å². The van der Waals surface area contributed by atoms with Crippen molar-refractivity contribution in [2.75, 3.05) is 11.9 Å². The summed E-state index contributed by atoms with van der Waals surface area (Å²) in [5.74, 6) is -4.44. The molecule has 0 spiro atoms. The molecule has 0 heterocycles. The van der Waals surface area contributed by atoms with Crippen molar-refractivity contribution in [1.82, 2.24) is 0 Å². The Labute approximate surface area is 144 Å². The van der Waals surface area contributed by atoms with Gasteiger partial charge in [-0.25, -0.2) is 13.6 Å². The fraction of sp³-hybridized carbons (Fsp3) is 0.0667. The Bertz CT molecular complexity index is 840. The van der Waals surface area contributed by atoms with Crippen LogP contribution in [0.3, 0.4) is 0 Å². The molecule has 0 unspecified atom stereocenters. The van der Waals surface area contributed by atoms with E-state index < -0.39 is 40.6 Å². The van der Waals surface area contributed by atoms with Gasteiger partial charge in [-0.3, -0.25) is 14.9 Å². The molecule has 0 fully saturated rings. The van der Waals surface area contributed by atoms with Gasteiger partial charge in [0.25, 0.3) is 11.6 Å². The molecule has 0 saturated carbocycles. The Morgan fingerprint density at radius 2 is 1.84 bits per heavy atom. The number of rotatable bonds is 5. The summed E-state index contributed by atoms with van der Waals surface area (Å²) in [5, 5.41) is 12.7. The molecular weight excluding hydrogens is 362 g/mol. The highest BCUT2D eigenvalue weighted by atomic mass is 35.5. The molecule has 0 radical (unpaired) electrons. The maximum absolute atomic E-state index is 13.4. The van der Waals surface area contributed by atoms with Gasteiger partial charge in [-0.15, -0.1) is 0 Å². The first-order valence-corrected chi connectivity index (χ1v) is 7.02. The lowest BCUT2D eigenvalue weighted by Crippen LogP contribution is -2.22. The largest absolute Gasteiger partial charge is 0.452 e. The average molecular weight is 371 g/mol. The standard InChI is InChI=1S/C15H9ClF2N2O5/c16-9-6-8(20(23)24)4-5-12(9)19-13(21)7-25-15(22)14-10(17)2-1-3-11(14)18/h1-6H,7H2,(H,19,21). The molecule has 2 aromatic rings. The molecule has 0 aromatic heterocycles. The van der Waals surface area contributed by atoms with Crippen molar-refractivity contribution in [2.24, 2.45) is 0 Å². The van der Waals surface area contributed by atoms with E-state index >= 15 is 0 Å². The number of halogens is 3. The second-order valence-electron chi connectivity index (χ2n) is 4.64. The van der Waals surface area contributed by atoms with Crippen LogP contribution in [0.2, 0.25) is 5.02 Å². The predicted molar refractivity (Wildman–Crippen MR) is 83.4 cm³/mol. The van der Waals surface area contributed by atoms with Crippen molar-refractivity contribution in [3.05, 3.63) is 68.7 Å². The maximum atomic E-state index is 13.4. The maximum Gasteiger partial charge on any atom is 0.344 e. The Morgan fingerprint density at radius 1 is 1.20 bits per heavy atom.